The molecule has 4 aliphatic rings. The number of oxazole rings is 1. The van der Waals surface area contributed by atoms with Gasteiger partial charge in [-0.25, -0.2) is 4.98 Å². The average molecular weight is 367 g/mol. The van der Waals surface area contributed by atoms with Gasteiger partial charge in [0.05, 0.1) is 12.8 Å². The minimum atomic E-state index is 0.730. The van der Waals surface area contributed by atoms with E-state index in [1.54, 1.807) is 7.11 Å². The molecular formula is C23H30N2O2. The molecule has 6 rings (SSSR count). The number of benzene rings is 1. The Kier molecular flexibility index (Phi) is 4.27. The lowest BCUT2D eigenvalue weighted by Gasteiger charge is -2.39. The van der Waals surface area contributed by atoms with E-state index in [9.17, 15) is 0 Å². The first kappa shape index (κ1) is 17.3. The summed E-state index contributed by atoms with van der Waals surface area (Å²) in [7, 11) is 1.71. The van der Waals surface area contributed by atoms with Crippen molar-refractivity contribution in [3.63, 3.8) is 0 Å². The lowest BCUT2D eigenvalue weighted by Crippen LogP contribution is -2.37. The first-order chi connectivity index (χ1) is 13.1. The molecule has 2 aliphatic heterocycles. The fourth-order valence-electron chi connectivity index (χ4n) is 5.98. The Bertz CT molecular complexity index is 829. The van der Waals surface area contributed by atoms with Gasteiger partial charge in [0.2, 0.25) is 5.89 Å². The maximum atomic E-state index is 6.06. The number of hydrogen-bond donors (Lipinski definition) is 0. The van der Waals surface area contributed by atoms with Crippen molar-refractivity contribution in [2.45, 2.75) is 58.5 Å². The zero-order valence-corrected chi connectivity index (χ0v) is 16.7. The summed E-state index contributed by atoms with van der Waals surface area (Å²) in [6.07, 6.45) is 7.20. The van der Waals surface area contributed by atoms with Crippen molar-refractivity contribution in [3.8, 4) is 17.2 Å². The molecule has 4 atom stereocenters. The smallest absolute Gasteiger partial charge is 0.226 e. The first-order valence-electron chi connectivity index (χ1n) is 10.4. The molecule has 0 N–H and O–H groups in total. The van der Waals surface area contributed by atoms with Crippen LogP contribution >= 0.6 is 0 Å². The summed E-state index contributed by atoms with van der Waals surface area (Å²) in [6.45, 7) is 6.30. The van der Waals surface area contributed by atoms with Gasteiger partial charge in [-0.2, -0.15) is 0 Å². The second-order valence-corrected chi connectivity index (χ2v) is 9.07. The van der Waals surface area contributed by atoms with Crippen LogP contribution in [-0.2, 0) is 6.54 Å². The van der Waals surface area contributed by atoms with Crippen LogP contribution in [0.15, 0.2) is 22.6 Å². The third kappa shape index (κ3) is 3.18. The number of rotatable bonds is 4. The number of methoxy groups -OCH3 is 1. The summed E-state index contributed by atoms with van der Waals surface area (Å²) in [4.78, 5) is 7.62. The average Bonchev–Trinajstić information content (AvgIpc) is 2.90. The lowest BCUT2D eigenvalue weighted by molar-refractivity contribution is 0.121. The van der Waals surface area contributed by atoms with Crippen LogP contribution in [0.5, 0.6) is 5.75 Å². The lowest BCUT2D eigenvalue weighted by atomic mass is 9.68. The van der Waals surface area contributed by atoms with Crippen LogP contribution in [0.2, 0.25) is 0 Å². The van der Waals surface area contributed by atoms with Crippen LogP contribution in [0.4, 0.5) is 0 Å². The SMILES string of the molecule is COc1ccc(-c2nc(CN3CC4C[C@@H]5CC3C[C@H](C4)C5)c(C)o2)cc1C. The minimum absolute atomic E-state index is 0.730. The van der Waals surface area contributed by atoms with Gasteiger partial charge in [-0.15, -0.1) is 0 Å². The quantitative estimate of drug-likeness (QED) is 0.765. The van der Waals surface area contributed by atoms with E-state index in [-0.39, 0.29) is 0 Å². The van der Waals surface area contributed by atoms with Gasteiger partial charge in [0.1, 0.15) is 11.5 Å². The molecule has 2 saturated heterocycles. The maximum Gasteiger partial charge on any atom is 0.226 e. The Morgan fingerprint density at radius 3 is 2.52 bits per heavy atom. The number of ether oxygens (including phenoxy) is 1. The van der Waals surface area contributed by atoms with Crippen molar-refractivity contribution < 1.29 is 9.15 Å². The van der Waals surface area contributed by atoms with E-state index in [2.05, 4.69) is 24.8 Å². The molecule has 27 heavy (non-hydrogen) atoms. The Morgan fingerprint density at radius 2 is 1.81 bits per heavy atom. The topological polar surface area (TPSA) is 38.5 Å². The highest BCUT2D eigenvalue weighted by Crippen LogP contribution is 2.47. The standard InChI is InChI=1S/C23H30N2O2/c1-14-6-19(4-5-22(14)26-3)23-24-21(15(2)27-23)13-25-12-18-8-16-7-17(9-18)11-20(25)10-16/h4-6,16-18,20H,7-13H2,1-3H3/t16-,17+,18?,20?. The summed E-state index contributed by atoms with van der Waals surface area (Å²) < 4.78 is 11.4. The van der Waals surface area contributed by atoms with Gasteiger partial charge in [0.25, 0.3) is 0 Å². The molecule has 2 aliphatic carbocycles. The Balaban J connectivity index is 1.38. The van der Waals surface area contributed by atoms with Crippen molar-refractivity contribution in [2.75, 3.05) is 13.7 Å². The van der Waals surface area contributed by atoms with E-state index in [0.717, 1.165) is 64.6 Å². The highest BCUT2D eigenvalue weighted by Gasteiger charge is 2.42. The van der Waals surface area contributed by atoms with Crippen LogP contribution in [0.3, 0.4) is 0 Å². The molecule has 0 radical (unpaired) electrons. The van der Waals surface area contributed by atoms with Crippen LogP contribution < -0.4 is 4.74 Å². The molecule has 4 fully saturated rings. The van der Waals surface area contributed by atoms with Crippen molar-refractivity contribution >= 4 is 0 Å². The molecule has 4 nitrogen and oxygen atoms in total. The molecule has 4 heteroatoms. The highest BCUT2D eigenvalue weighted by molar-refractivity contribution is 5.57. The predicted molar refractivity (Wildman–Crippen MR) is 106 cm³/mol. The van der Waals surface area contributed by atoms with Crippen LogP contribution in [0.25, 0.3) is 11.5 Å². The third-order valence-corrected chi connectivity index (χ3v) is 7.11. The summed E-state index contributed by atoms with van der Waals surface area (Å²) in [5, 5.41) is 0. The predicted octanol–water partition coefficient (Wildman–Crippen LogP) is 4.98. The molecule has 3 heterocycles. The molecule has 4 bridgehead atoms. The van der Waals surface area contributed by atoms with E-state index in [1.807, 2.05) is 12.1 Å². The first-order valence-corrected chi connectivity index (χ1v) is 10.4. The van der Waals surface area contributed by atoms with Crippen LogP contribution in [0, 0.1) is 31.6 Å². The zero-order valence-electron chi connectivity index (χ0n) is 16.7. The van der Waals surface area contributed by atoms with Gasteiger partial charge in [-0.1, -0.05) is 0 Å². The van der Waals surface area contributed by atoms with Crippen molar-refractivity contribution in [3.05, 3.63) is 35.2 Å². The molecule has 0 spiro atoms. The largest absolute Gasteiger partial charge is 0.496 e. The molecule has 0 amide bonds. The molecule has 2 saturated carbocycles. The van der Waals surface area contributed by atoms with Gasteiger partial charge in [0.15, 0.2) is 0 Å². The minimum Gasteiger partial charge on any atom is -0.496 e. The monoisotopic (exact) mass is 366 g/mol. The van der Waals surface area contributed by atoms with Crippen molar-refractivity contribution in [1.29, 1.82) is 0 Å². The summed E-state index contributed by atoms with van der Waals surface area (Å²) in [5.74, 6) is 5.45. The summed E-state index contributed by atoms with van der Waals surface area (Å²) in [5.41, 5.74) is 3.24. The Hall–Kier alpha value is -1.81. The summed E-state index contributed by atoms with van der Waals surface area (Å²) in [6, 6.07) is 6.88. The van der Waals surface area contributed by atoms with Crippen molar-refractivity contribution in [1.82, 2.24) is 9.88 Å². The highest BCUT2D eigenvalue weighted by atomic mass is 16.5. The molecule has 1 aromatic carbocycles. The maximum absolute atomic E-state index is 6.06. The molecule has 1 aromatic heterocycles. The van der Waals surface area contributed by atoms with Crippen LogP contribution in [-0.4, -0.2) is 29.6 Å². The third-order valence-electron chi connectivity index (χ3n) is 7.11. The zero-order chi connectivity index (χ0) is 18.5. The van der Waals surface area contributed by atoms with Gasteiger partial charge < -0.3 is 9.15 Å². The van der Waals surface area contributed by atoms with Crippen molar-refractivity contribution in [2.24, 2.45) is 17.8 Å². The number of hydrogen-bond acceptors (Lipinski definition) is 4. The fraction of sp³-hybridized carbons (Fsp3) is 0.609. The number of nitrogens with zero attached hydrogens (tertiary/aromatic N) is 2. The Labute approximate surface area is 161 Å². The summed E-state index contributed by atoms with van der Waals surface area (Å²) >= 11 is 0. The van der Waals surface area contributed by atoms with E-state index in [4.69, 9.17) is 14.1 Å². The van der Waals surface area contributed by atoms with E-state index >= 15 is 0 Å². The van der Waals surface area contributed by atoms with Gasteiger partial charge >= 0.3 is 0 Å². The van der Waals surface area contributed by atoms with Gasteiger partial charge in [-0.05, 0) is 87.5 Å². The van der Waals surface area contributed by atoms with E-state index < -0.39 is 0 Å². The number of aromatic nitrogens is 1. The normalized spacial score (nSPS) is 29.9. The molecule has 2 unspecified atom stereocenters. The van der Waals surface area contributed by atoms with Crippen LogP contribution in [0.1, 0.15) is 49.1 Å². The molecule has 144 valence electrons. The fourth-order valence-corrected chi connectivity index (χ4v) is 5.98. The second-order valence-electron chi connectivity index (χ2n) is 9.07. The van der Waals surface area contributed by atoms with Gasteiger partial charge in [0, 0.05) is 24.7 Å². The molecular weight excluding hydrogens is 336 g/mol. The molecule has 2 aromatic rings. The number of aryl methyl sites for hydroxylation is 2. The second kappa shape index (κ2) is 6.66. The van der Waals surface area contributed by atoms with E-state index in [0.29, 0.717) is 0 Å². The van der Waals surface area contributed by atoms with E-state index in [1.165, 1.54) is 38.6 Å². The Morgan fingerprint density at radius 1 is 1.07 bits per heavy atom. The van der Waals surface area contributed by atoms with Gasteiger partial charge in [-0.3, -0.25) is 4.90 Å². The number of fused-ring (bicyclic) bond motifs is 1.